The fourth-order valence-electron chi connectivity index (χ4n) is 3.66. The lowest BCUT2D eigenvalue weighted by Crippen LogP contribution is -2.33. The molecular formula is C22H25N5O3. The van der Waals surface area contributed by atoms with Gasteiger partial charge in [0.1, 0.15) is 5.75 Å². The van der Waals surface area contributed by atoms with Gasteiger partial charge in [-0.2, -0.15) is 5.10 Å². The minimum absolute atomic E-state index is 0.204. The second kappa shape index (κ2) is 8.86. The van der Waals surface area contributed by atoms with Crippen LogP contribution in [0.15, 0.2) is 42.5 Å². The number of carbonyl (C=O) groups is 2. The van der Waals surface area contributed by atoms with Crippen LogP contribution >= 0.6 is 0 Å². The van der Waals surface area contributed by atoms with Crippen molar-refractivity contribution in [2.75, 3.05) is 32.1 Å². The monoisotopic (exact) mass is 407 g/mol. The Morgan fingerprint density at radius 3 is 2.90 bits per heavy atom. The number of H-pyrrole nitrogens is 1. The molecule has 0 saturated carbocycles. The minimum atomic E-state index is -0.312. The summed E-state index contributed by atoms with van der Waals surface area (Å²) >= 11 is 0. The molecule has 8 heteroatoms. The maximum Gasteiger partial charge on any atom is 0.320 e. The Hall–Kier alpha value is -3.55. The SMILES string of the molecule is COc1cccc(-c2ccc3c(NC(=O)NCCCN4CCCC4=O)n[nH]c3c2)c1. The number of urea groups is 1. The Morgan fingerprint density at radius 2 is 2.10 bits per heavy atom. The number of amides is 3. The number of hydrogen-bond acceptors (Lipinski definition) is 4. The van der Waals surface area contributed by atoms with Crippen LogP contribution in [0.2, 0.25) is 0 Å². The van der Waals surface area contributed by atoms with E-state index in [1.807, 2.05) is 47.4 Å². The average Bonchev–Trinajstić information content (AvgIpc) is 3.36. The van der Waals surface area contributed by atoms with Crippen molar-refractivity contribution in [1.82, 2.24) is 20.4 Å². The van der Waals surface area contributed by atoms with Crippen molar-refractivity contribution in [2.45, 2.75) is 19.3 Å². The number of nitrogens with zero attached hydrogens (tertiary/aromatic N) is 2. The first kappa shape index (κ1) is 19.8. The van der Waals surface area contributed by atoms with Gasteiger partial charge in [0, 0.05) is 31.4 Å². The number of benzene rings is 2. The number of ether oxygens (including phenoxy) is 1. The van der Waals surface area contributed by atoms with E-state index in [-0.39, 0.29) is 11.9 Å². The molecule has 156 valence electrons. The Bertz CT molecular complexity index is 1060. The summed E-state index contributed by atoms with van der Waals surface area (Å²) in [6.07, 6.45) is 2.29. The van der Waals surface area contributed by atoms with E-state index < -0.39 is 0 Å². The van der Waals surface area contributed by atoms with Crippen molar-refractivity contribution >= 4 is 28.7 Å². The molecule has 1 aromatic heterocycles. The van der Waals surface area contributed by atoms with E-state index in [1.54, 1.807) is 7.11 Å². The van der Waals surface area contributed by atoms with Crippen LogP contribution in [0.4, 0.5) is 10.6 Å². The van der Waals surface area contributed by atoms with Crippen LogP contribution in [-0.4, -0.2) is 53.8 Å². The van der Waals surface area contributed by atoms with Crippen LogP contribution in [-0.2, 0) is 4.79 Å². The van der Waals surface area contributed by atoms with Gasteiger partial charge in [-0.15, -0.1) is 0 Å². The summed E-state index contributed by atoms with van der Waals surface area (Å²) in [6.45, 7) is 2.00. The van der Waals surface area contributed by atoms with Crippen LogP contribution in [0.5, 0.6) is 5.75 Å². The molecule has 3 amide bonds. The number of likely N-dealkylation sites (tertiary alicyclic amines) is 1. The number of hydrogen-bond donors (Lipinski definition) is 3. The zero-order valence-corrected chi connectivity index (χ0v) is 16.9. The lowest BCUT2D eigenvalue weighted by atomic mass is 10.0. The molecular weight excluding hydrogens is 382 g/mol. The van der Waals surface area contributed by atoms with Crippen molar-refractivity contribution in [2.24, 2.45) is 0 Å². The summed E-state index contributed by atoms with van der Waals surface area (Å²) in [5.74, 6) is 1.48. The van der Waals surface area contributed by atoms with Crippen molar-refractivity contribution < 1.29 is 14.3 Å². The van der Waals surface area contributed by atoms with Crippen molar-refractivity contribution in [1.29, 1.82) is 0 Å². The van der Waals surface area contributed by atoms with Gasteiger partial charge in [-0.25, -0.2) is 4.79 Å². The Labute approximate surface area is 174 Å². The van der Waals surface area contributed by atoms with E-state index in [0.717, 1.165) is 47.2 Å². The maximum absolute atomic E-state index is 12.2. The molecule has 0 bridgehead atoms. The lowest BCUT2D eigenvalue weighted by molar-refractivity contribution is -0.127. The van der Waals surface area contributed by atoms with E-state index in [0.29, 0.717) is 25.3 Å². The molecule has 4 rings (SSSR count). The molecule has 1 saturated heterocycles. The molecule has 1 aliphatic heterocycles. The minimum Gasteiger partial charge on any atom is -0.497 e. The van der Waals surface area contributed by atoms with E-state index in [2.05, 4.69) is 20.8 Å². The van der Waals surface area contributed by atoms with Gasteiger partial charge in [-0.1, -0.05) is 18.2 Å². The summed E-state index contributed by atoms with van der Waals surface area (Å²) in [5.41, 5.74) is 2.89. The zero-order chi connectivity index (χ0) is 20.9. The van der Waals surface area contributed by atoms with E-state index in [9.17, 15) is 9.59 Å². The fraction of sp³-hybridized carbons (Fsp3) is 0.318. The quantitative estimate of drug-likeness (QED) is 0.523. The van der Waals surface area contributed by atoms with Crippen LogP contribution in [0.25, 0.3) is 22.0 Å². The number of nitrogens with one attached hydrogen (secondary N) is 3. The average molecular weight is 407 g/mol. The van der Waals surface area contributed by atoms with Gasteiger partial charge in [0.2, 0.25) is 5.91 Å². The molecule has 0 spiro atoms. The molecule has 30 heavy (non-hydrogen) atoms. The van der Waals surface area contributed by atoms with Crippen molar-refractivity contribution in [3.05, 3.63) is 42.5 Å². The van der Waals surface area contributed by atoms with Gasteiger partial charge in [-0.05, 0) is 48.2 Å². The molecule has 8 nitrogen and oxygen atoms in total. The summed E-state index contributed by atoms with van der Waals surface area (Å²) in [7, 11) is 1.64. The van der Waals surface area contributed by atoms with Crippen molar-refractivity contribution in [3.8, 4) is 16.9 Å². The molecule has 0 aliphatic carbocycles. The molecule has 2 heterocycles. The van der Waals surface area contributed by atoms with Gasteiger partial charge in [0.05, 0.1) is 12.6 Å². The number of fused-ring (bicyclic) bond motifs is 1. The zero-order valence-electron chi connectivity index (χ0n) is 16.9. The number of carbonyl (C=O) groups excluding carboxylic acids is 2. The van der Waals surface area contributed by atoms with Crippen LogP contribution in [0.1, 0.15) is 19.3 Å². The fourth-order valence-corrected chi connectivity index (χ4v) is 3.66. The van der Waals surface area contributed by atoms with Gasteiger partial charge in [0.15, 0.2) is 5.82 Å². The number of rotatable bonds is 7. The Balaban J connectivity index is 1.35. The predicted molar refractivity (Wildman–Crippen MR) is 116 cm³/mol. The smallest absolute Gasteiger partial charge is 0.320 e. The first-order valence-electron chi connectivity index (χ1n) is 10.1. The summed E-state index contributed by atoms with van der Waals surface area (Å²) in [5, 5.41) is 13.6. The number of anilines is 1. The highest BCUT2D eigenvalue weighted by molar-refractivity contribution is 6.00. The molecule has 1 aliphatic rings. The number of aromatic amines is 1. The first-order valence-corrected chi connectivity index (χ1v) is 10.1. The third-order valence-electron chi connectivity index (χ3n) is 5.26. The van der Waals surface area contributed by atoms with Crippen LogP contribution < -0.4 is 15.4 Å². The molecule has 0 atom stereocenters. The van der Waals surface area contributed by atoms with E-state index in [4.69, 9.17) is 4.74 Å². The van der Waals surface area contributed by atoms with Gasteiger partial charge in [-0.3, -0.25) is 15.2 Å². The molecule has 2 aromatic carbocycles. The highest BCUT2D eigenvalue weighted by Crippen LogP contribution is 2.28. The van der Waals surface area contributed by atoms with E-state index >= 15 is 0 Å². The third kappa shape index (κ3) is 4.37. The second-order valence-corrected chi connectivity index (χ2v) is 7.28. The third-order valence-corrected chi connectivity index (χ3v) is 5.26. The topological polar surface area (TPSA) is 99.3 Å². The normalized spacial score (nSPS) is 13.6. The molecule has 3 N–H and O–H groups in total. The summed E-state index contributed by atoms with van der Waals surface area (Å²) < 4.78 is 5.29. The molecule has 1 fully saturated rings. The Morgan fingerprint density at radius 1 is 1.23 bits per heavy atom. The summed E-state index contributed by atoms with van der Waals surface area (Å²) in [4.78, 5) is 25.6. The van der Waals surface area contributed by atoms with E-state index in [1.165, 1.54) is 0 Å². The lowest BCUT2D eigenvalue weighted by Gasteiger charge is -2.15. The molecule has 0 unspecified atom stereocenters. The van der Waals surface area contributed by atoms with Gasteiger partial charge < -0.3 is 15.0 Å². The van der Waals surface area contributed by atoms with Gasteiger partial charge >= 0.3 is 6.03 Å². The highest BCUT2D eigenvalue weighted by atomic mass is 16.5. The van der Waals surface area contributed by atoms with Crippen LogP contribution in [0, 0.1) is 0 Å². The number of methoxy groups -OCH3 is 1. The molecule has 0 radical (unpaired) electrons. The summed E-state index contributed by atoms with van der Waals surface area (Å²) in [6, 6.07) is 13.4. The first-order chi connectivity index (χ1) is 14.6. The maximum atomic E-state index is 12.2. The number of aromatic nitrogens is 2. The largest absolute Gasteiger partial charge is 0.497 e. The molecule has 3 aromatic rings. The van der Waals surface area contributed by atoms with Gasteiger partial charge in [0.25, 0.3) is 0 Å². The second-order valence-electron chi connectivity index (χ2n) is 7.28. The highest BCUT2D eigenvalue weighted by Gasteiger charge is 2.19. The van der Waals surface area contributed by atoms with Crippen LogP contribution in [0.3, 0.4) is 0 Å². The standard InChI is InChI=1S/C22H25N5O3/c1-30-17-6-2-5-15(13-17)16-8-9-18-19(14-16)25-26-21(18)24-22(29)23-10-4-12-27-11-3-7-20(27)28/h2,5-6,8-9,13-14H,3-4,7,10-12H2,1H3,(H3,23,24,25,26,29). The predicted octanol–water partition coefficient (Wildman–Crippen LogP) is 3.37. The van der Waals surface area contributed by atoms with Crippen molar-refractivity contribution in [3.63, 3.8) is 0 Å². The Kier molecular flexibility index (Phi) is 5.83.